The highest BCUT2D eigenvalue weighted by Gasteiger charge is 2.36. The molecule has 4 atom stereocenters. The molecule has 1 radical (unpaired) electrons. The average molecular weight is 162 g/mol. The van der Waals surface area contributed by atoms with E-state index in [1.807, 2.05) is 0 Å². The normalized spacial score (nSPS) is 45.8. The van der Waals surface area contributed by atoms with Crippen molar-refractivity contribution >= 4 is 0 Å². The van der Waals surface area contributed by atoms with Crippen molar-refractivity contribution in [1.82, 2.24) is 5.73 Å². The van der Waals surface area contributed by atoms with Crippen LogP contribution >= 0.6 is 0 Å². The molecule has 5 nitrogen and oxygen atoms in total. The van der Waals surface area contributed by atoms with E-state index < -0.39 is 24.4 Å². The lowest BCUT2D eigenvalue weighted by Gasteiger charge is -2.34. The van der Waals surface area contributed by atoms with Gasteiger partial charge in [-0.25, -0.2) is 5.73 Å². The van der Waals surface area contributed by atoms with E-state index in [0.29, 0.717) is 0 Å². The summed E-state index contributed by atoms with van der Waals surface area (Å²) in [7, 11) is 0. The number of aliphatic hydroxyl groups is 3. The Morgan fingerprint density at radius 1 is 1.36 bits per heavy atom. The summed E-state index contributed by atoms with van der Waals surface area (Å²) in [4.78, 5) is 0. The molecule has 0 bridgehead atoms. The highest BCUT2D eigenvalue weighted by Crippen LogP contribution is 2.14. The number of ether oxygens (including phenoxy) is 1. The van der Waals surface area contributed by atoms with E-state index in [-0.39, 0.29) is 13.2 Å². The molecule has 1 rings (SSSR count). The minimum absolute atomic E-state index is 0.0590. The molecule has 1 fully saturated rings. The van der Waals surface area contributed by atoms with Crippen LogP contribution in [0.25, 0.3) is 0 Å². The first kappa shape index (κ1) is 8.89. The van der Waals surface area contributed by atoms with Crippen molar-refractivity contribution in [2.24, 2.45) is 0 Å². The Labute approximate surface area is 64.4 Å². The maximum Gasteiger partial charge on any atom is 0.110 e. The molecule has 0 aromatic heterocycles. The number of nitrogens with one attached hydrogen (secondary N) is 1. The molecule has 1 aliphatic rings. The first-order valence-corrected chi connectivity index (χ1v) is 3.46. The van der Waals surface area contributed by atoms with E-state index in [4.69, 9.17) is 25.8 Å². The number of hydrogen-bond donors (Lipinski definition) is 3. The lowest BCUT2D eigenvalue weighted by Crippen LogP contribution is -2.54. The lowest BCUT2D eigenvalue weighted by atomic mass is 9.99. The van der Waals surface area contributed by atoms with E-state index in [1.165, 1.54) is 0 Å². The molecular weight excluding hydrogens is 150 g/mol. The predicted octanol–water partition coefficient (Wildman–Crippen LogP) is -2.25. The van der Waals surface area contributed by atoms with E-state index in [1.54, 1.807) is 0 Å². The van der Waals surface area contributed by atoms with Crippen LogP contribution in [-0.4, -0.2) is 52.9 Å². The number of aliphatic hydroxyl groups excluding tert-OH is 3. The summed E-state index contributed by atoms with van der Waals surface area (Å²) in [5.41, 5.74) is 7.16. The Morgan fingerprint density at radius 3 is 2.55 bits per heavy atom. The molecule has 11 heavy (non-hydrogen) atoms. The van der Waals surface area contributed by atoms with Crippen LogP contribution in [0.15, 0.2) is 0 Å². The molecule has 0 saturated carbocycles. The maximum absolute atomic E-state index is 9.15. The molecular formula is C6H12NO4. The van der Waals surface area contributed by atoms with E-state index >= 15 is 0 Å². The van der Waals surface area contributed by atoms with Gasteiger partial charge in [0.2, 0.25) is 0 Å². The highest BCUT2D eigenvalue weighted by molar-refractivity contribution is 4.87. The molecule has 0 aromatic carbocycles. The smallest absolute Gasteiger partial charge is 0.110 e. The second-order valence-electron chi connectivity index (χ2n) is 2.64. The van der Waals surface area contributed by atoms with Crippen LogP contribution in [-0.2, 0) is 4.74 Å². The summed E-state index contributed by atoms with van der Waals surface area (Å²) in [6.07, 6.45) is -3.00. The summed E-state index contributed by atoms with van der Waals surface area (Å²) in [6, 6.07) is -0.812. The number of rotatable bonds is 1. The van der Waals surface area contributed by atoms with Crippen molar-refractivity contribution in [3.05, 3.63) is 0 Å². The Balaban J connectivity index is 2.52. The largest absolute Gasteiger partial charge is 0.394 e. The van der Waals surface area contributed by atoms with Crippen LogP contribution in [0.1, 0.15) is 0 Å². The molecule has 1 aliphatic heterocycles. The summed E-state index contributed by atoms with van der Waals surface area (Å²) in [6.45, 7) is -0.269. The van der Waals surface area contributed by atoms with Crippen LogP contribution in [0.4, 0.5) is 0 Å². The van der Waals surface area contributed by atoms with Gasteiger partial charge in [0, 0.05) is 0 Å². The van der Waals surface area contributed by atoms with Gasteiger partial charge in [-0.3, -0.25) is 0 Å². The number of hydrogen-bond acceptors (Lipinski definition) is 4. The van der Waals surface area contributed by atoms with E-state index in [0.717, 1.165) is 0 Å². The van der Waals surface area contributed by atoms with Crippen molar-refractivity contribution in [3.63, 3.8) is 0 Å². The first-order chi connectivity index (χ1) is 5.16. The van der Waals surface area contributed by atoms with Crippen molar-refractivity contribution in [2.45, 2.75) is 24.4 Å². The zero-order chi connectivity index (χ0) is 8.43. The third-order valence-electron chi connectivity index (χ3n) is 1.81. The summed E-state index contributed by atoms with van der Waals surface area (Å²) >= 11 is 0. The Bertz CT molecular complexity index is 130. The second-order valence-corrected chi connectivity index (χ2v) is 2.64. The zero-order valence-corrected chi connectivity index (χ0v) is 5.97. The van der Waals surface area contributed by atoms with Gasteiger partial charge in [0.25, 0.3) is 0 Å². The third-order valence-corrected chi connectivity index (χ3v) is 1.81. The fourth-order valence-electron chi connectivity index (χ4n) is 1.04. The first-order valence-electron chi connectivity index (χ1n) is 3.46. The van der Waals surface area contributed by atoms with E-state index in [2.05, 4.69) is 0 Å². The summed E-state index contributed by atoms with van der Waals surface area (Å²) < 4.78 is 4.87. The van der Waals surface area contributed by atoms with Gasteiger partial charge in [-0.05, 0) is 0 Å². The fraction of sp³-hybridized carbons (Fsp3) is 1.00. The van der Waals surface area contributed by atoms with Crippen molar-refractivity contribution in [1.29, 1.82) is 0 Å². The second kappa shape index (κ2) is 3.46. The van der Waals surface area contributed by atoms with Gasteiger partial charge in [0.15, 0.2) is 0 Å². The monoisotopic (exact) mass is 162 g/mol. The van der Waals surface area contributed by atoms with Crippen LogP contribution in [0.2, 0.25) is 0 Å². The zero-order valence-electron chi connectivity index (χ0n) is 5.97. The molecule has 5 heteroatoms. The Hall–Kier alpha value is -0.200. The van der Waals surface area contributed by atoms with Crippen LogP contribution in [0.3, 0.4) is 0 Å². The minimum Gasteiger partial charge on any atom is -0.394 e. The molecule has 0 aliphatic carbocycles. The average Bonchev–Trinajstić information content (AvgIpc) is 2.01. The fourth-order valence-corrected chi connectivity index (χ4v) is 1.04. The van der Waals surface area contributed by atoms with Gasteiger partial charge < -0.3 is 20.1 Å². The van der Waals surface area contributed by atoms with Gasteiger partial charge in [-0.2, -0.15) is 0 Å². The quantitative estimate of drug-likeness (QED) is 0.406. The van der Waals surface area contributed by atoms with Gasteiger partial charge in [0.05, 0.1) is 19.3 Å². The van der Waals surface area contributed by atoms with Crippen LogP contribution < -0.4 is 5.73 Å². The van der Waals surface area contributed by atoms with Gasteiger partial charge >= 0.3 is 0 Å². The molecule has 65 valence electrons. The summed E-state index contributed by atoms with van der Waals surface area (Å²) in [5.74, 6) is 0. The molecule has 4 N–H and O–H groups in total. The van der Waals surface area contributed by atoms with Crippen LogP contribution in [0, 0.1) is 0 Å². The predicted molar refractivity (Wildman–Crippen MR) is 35.7 cm³/mol. The van der Waals surface area contributed by atoms with Gasteiger partial charge in [-0.15, -0.1) is 0 Å². The SMILES string of the molecule is [NH][C@H]1CO[C@H](CO)[C@H](O)[C@@H]1O. The third kappa shape index (κ3) is 1.69. The van der Waals surface area contributed by atoms with Crippen LogP contribution in [0.5, 0.6) is 0 Å². The van der Waals surface area contributed by atoms with Crippen molar-refractivity contribution in [3.8, 4) is 0 Å². The topological polar surface area (TPSA) is 93.7 Å². The molecule has 0 spiro atoms. The Kier molecular flexibility index (Phi) is 2.80. The van der Waals surface area contributed by atoms with Gasteiger partial charge in [-0.1, -0.05) is 0 Å². The molecule has 1 saturated heterocycles. The van der Waals surface area contributed by atoms with Crippen molar-refractivity contribution in [2.75, 3.05) is 13.2 Å². The molecule has 0 aromatic rings. The lowest BCUT2D eigenvalue weighted by molar-refractivity contribution is -0.157. The standard InChI is InChI=1S/C6H12NO4/c7-3-2-11-4(1-8)6(10)5(3)9/h3-10H,1-2H2/t3-,4+,5+,6-/m0/s1. The highest BCUT2D eigenvalue weighted by atomic mass is 16.5. The summed E-state index contributed by atoms with van der Waals surface area (Å²) in [5, 5.41) is 26.9. The molecule has 1 heterocycles. The molecule has 0 unspecified atom stereocenters. The van der Waals surface area contributed by atoms with Gasteiger partial charge in [0.1, 0.15) is 18.3 Å². The minimum atomic E-state index is -1.14. The molecule has 0 amide bonds. The van der Waals surface area contributed by atoms with E-state index in [9.17, 15) is 0 Å². The van der Waals surface area contributed by atoms with Crippen molar-refractivity contribution < 1.29 is 20.1 Å². The Morgan fingerprint density at radius 2 is 2.00 bits per heavy atom. The maximum atomic E-state index is 9.15.